The summed E-state index contributed by atoms with van der Waals surface area (Å²) in [5, 5.41) is 10.3. The third-order valence-electron chi connectivity index (χ3n) is 2.89. The molecule has 0 fully saturated rings. The predicted octanol–water partition coefficient (Wildman–Crippen LogP) is 3.95. The molecule has 1 atom stereocenters. The molecule has 0 amide bonds. The second kappa shape index (κ2) is 6.03. The van der Waals surface area contributed by atoms with E-state index in [2.05, 4.69) is 20.9 Å². The summed E-state index contributed by atoms with van der Waals surface area (Å²) < 4.78 is 43.6. The van der Waals surface area contributed by atoms with Gasteiger partial charge < -0.3 is 9.84 Å². The molecular weight excluding hydrogens is 351 g/mol. The lowest BCUT2D eigenvalue weighted by atomic mass is 10.0. The molecule has 1 aromatic heterocycles. The van der Waals surface area contributed by atoms with E-state index in [1.807, 2.05) is 0 Å². The standard InChI is InChI=1S/C14H11BrF3NO2/c1-21-11-3-2-6-19-12(11)13(20)8-4-5-10(15)9(7-8)14(16,17)18/h2-7,13,20H,1H3. The highest BCUT2D eigenvalue weighted by atomic mass is 79.9. The molecule has 0 radical (unpaired) electrons. The van der Waals surface area contributed by atoms with Crippen LogP contribution in [0.25, 0.3) is 0 Å². The number of hydrogen-bond acceptors (Lipinski definition) is 3. The van der Waals surface area contributed by atoms with Gasteiger partial charge in [0.15, 0.2) is 0 Å². The van der Waals surface area contributed by atoms with Crippen molar-refractivity contribution < 1.29 is 23.0 Å². The van der Waals surface area contributed by atoms with Crippen LogP contribution >= 0.6 is 15.9 Å². The average Bonchev–Trinajstić information content (AvgIpc) is 2.45. The molecule has 7 heteroatoms. The molecule has 3 nitrogen and oxygen atoms in total. The maximum Gasteiger partial charge on any atom is 0.417 e. The predicted molar refractivity (Wildman–Crippen MR) is 74.0 cm³/mol. The molecule has 0 saturated heterocycles. The van der Waals surface area contributed by atoms with Gasteiger partial charge in [0.05, 0.1) is 12.7 Å². The summed E-state index contributed by atoms with van der Waals surface area (Å²) in [4.78, 5) is 3.97. The number of rotatable bonds is 3. The number of alkyl halides is 3. The zero-order chi connectivity index (χ0) is 15.6. The van der Waals surface area contributed by atoms with Gasteiger partial charge >= 0.3 is 6.18 Å². The van der Waals surface area contributed by atoms with Crippen molar-refractivity contribution in [2.45, 2.75) is 12.3 Å². The normalized spacial score (nSPS) is 13.0. The number of pyridine rings is 1. The van der Waals surface area contributed by atoms with Gasteiger partial charge in [0.25, 0.3) is 0 Å². The third kappa shape index (κ3) is 3.36. The van der Waals surface area contributed by atoms with Gasteiger partial charge in [-0.2, -0.15) is 13.2 Å². The second-order valence-electron chi connectivity index (χ2n) is 4.23. The Balaban J connectivity index is 2.47. The number of benzene rings is 1. The van der Waals surface area contributed by atoms with Crippen LogP contribution in [0.1, 0.15) is 22.9 Å². The lowest BCUT2D eigenvalue weighted by Crippen LogP contribution is -2.10. The summed E-state index contributed by atoms with van der Waals surface area (Å²) in [6, 6.07) is 6.73. The zero-order valence-electron chi connectivity index (χ0n) is 10.9. The highest BCUT2D eigenvalue weighted by Crippen LogP contribution is 2.37. The molecule has 1 heterocycles. The van der Waals surface area contributed by atoms with Gasteiger partial charge in [-0.15, -0.1) is 0 Å². The molecule has 1 unspecified atom stereocenters. The van der Waals surface area contributed by atoms with Crippen molar-refractivity contribution in [1.29, 1.82) is 0 Å². The first-order valence-electron chi connectivity index (χ1n) is 5.88. The highest BCUT2D eigenvalue weighted by Gasteiger charge is 2.34. The number of nitrogens with zero attached hydrogens (tertiary/aromatic N) is 1. The molecule has 2 rings (SSSR count). The molecule has 0 spiro atoms. The van der Waals surface area contributed by atoms with Crippen LogP contribution < -0.4 is 4.74 Å². The molecule has 0 aliphatic carbocycles. The van der Waals surface area contributed by atoms with Crippen LogP contribution in [0, 0.1) is 0 Å². The fourth-order valence-electron chi connectivity index (χ4n) is 1.87. The molecule has 1 aromatic carbocycles. The maximum atomic E-state index is 12.9. The lowest BCUT2D eigenvalue weighted by molar-refractivity contribution is -0.138. The highest BCUT2D eigenvalue weighted by molar-refractivity contribution is 9.10. The quantitative estimate of drug-likeness (QED) is 0.899. The molecule has 1 N–H and O–H groups in total. The SMILES string of the molecule is COc1cccnc1C(O)c1ccc(Br)c(C(F)(F)F)c1. The van der Waals surface area contributed by atoms with Gasteiger partial charge in [-0.25, -0.2) is 0 Å². The van der Waals surface area contributed by atoms with Crippen molar-refractivity contribution in [3.8, 4) is 5.75 Å². The van der Waals surface area contributed by atoms with Crippen molar-refractivity contribution in [1.82, 2.24) is 4.98 Å². The Morgan fingerprint density at radius 3 is 2.62 bits per heavy atom. The van der Waals surface area contributed by atoms with Crippen LogP contribution in [0.4, 0.5) is 13.2 Å². The van der Waals surface area contributed by atoms with E-state index in [1.165, 1.54) is 25.4 Å². The fraction of sp³-hybridized carbons (Fsp3) is 0.214. The van der Waals surface area contributed by atoms with E-state index in [-0.39, 0.29) is 15.7 Å². The molecule has 2 aromatic rings. The Hall–Kier alpha value is -1.60. The number of halogens is 4. The zero-order valence-corrected chi connectivity index (χ0v) is 12.4. The summed E-state index contributed by atoms with van der Waals surface area (Å²) in [5.41, 5.74) is -0.605. The monoisotopic (exact) mass is 361 g/mol. The van der Waals surface area contributed by atoms with E-state index in [0.29, 0.717) is 5.75 Å². The molecule has 0 saturated carbocycles. The first-order chi connectivity index (χ1) is 9.84. The molecular formula is C14H11BrF3NO2. The van der Waals surface area contributed by atoms with Gasteiger partial charge in [0.1, 0.15) is 17.5 Å². The minimum Gasteiger partial charge on any atom is -0.495 e. The smallest absolute Gasteiger partial charge is 0.417 e. The van der Waals surface area contributed by atoms with Gasteiger partial charge in [0, 0.05) is 10.7 Å². The summed E-state index contributed by atoms with van der Waals surface area (Å²) in [5.74, 6) is 0.307. The molecule has 0 aliphatic heterocycles. The number of aliphatic hydroxyl groups is 1. The molecule has 0 bridgehead atoms. The van der Waals surface area contributed by atoms with E-state index in [4.69, 9.17) is 4.74 Å². The Labute approximate surface area is 127 Å². The van der Waals surface area contributed by atoms with Crippen LogP contribution in [0.3, 0.4) is 0 Å². The van der Waals surface area contributed by atoms with E-state index in [1.54, 1.807) is 12.1 Å². The van der Waals surface area contributed by atoms with Crippen LogP contribution in [-0.4, -0.2) is 17.2 Å². The summed E-state index contributed by atoms with van der Waals surface area (Å²) >= 11 is 2.86. The van der Waals surface area contributed by atoms with Gasteiger partial charge in [-0.3, -0.25) is 4.98 Å². The topological polar surface area (TPSA) is 42.4 Å². The van der Waals surface area contributed by atoms with E-state index in [0.717, 1.165) is 6.07 Å². The van der Waals surface area contributed by atoms with Crippen molar-refractivity contribution in [2.24, 2.45) is 0 Å². The number of hydrogen-bond donors (Lipinski definition) is 1. The number of ether oxygens (including phenoxy) is 1. The Bertz CT molecular complexity index is 646. The lowest BCUT2D eigenvalue weighted by Gasteiger charge is -2.16. The summed E-state index contributed by atoms with van der Waals surface area (Å²) in [7, 11) is 1.40. The van der Waals surface area contributed by atoms with Gasteiger partial charge in [-0.05, 0) is 29.8 Å². The minimum atomic E-state index is -4.51. The van der Waals surface area contributed by atoms with Crippen LogP contribution in [0.5, 0.6) is 5.75 Å². The first-order valence-corrected chi connectivity index (χ1v) is 6.67. The van der Waals surface area contributed by atoms with E-state index >= 15 is 0 Å². The second-order valence-corrected chi connectivity index (χ2v) is 5.08. The van der Waals surface area contributed by atoms with Crippen LogP contribution in [0.15, 0.2) is 41.0 Å². The van der Waals surface area contributed by atoms with Gasteiger partial charge in [0.2, 0.25) is 0 Å². The largest absolute Gasteiger partial charge is 0.495 e. The Kier molecular flexibility index (Phi) is 4.53. The number of aromatic nitrogens is 1. The average molecular weight is 362 g/mol. The Morgan fingerprint density at radius 2 is 2.00 bits per heavy atom. The molecule has 112 valence electrons. The maximum absolute atomic E-state index is 12.9. The van der Waals surface area contributed by atoms with Crippen LogP contribution in [0.2, 0.25) is 0 Å². The van der Waals surface area contributed by atoms with Gasteiger partial charge in [-0.1, -0.05) is 22.0 Å². The first kappa shape index (κ1) is 15.8. The van der Waals surface area contributed by atoms with Crippen molar-refractivity contribution in [3.05, 3.63) is 57.8 Å². The number of methoxy groups -OCH3 is 1. The van der Waals surface area contributed by atoms with Crippen molar-refractivity contribution >= 4 is 15.9 Å². The fourth-order valence-corrected chi connectivity index (χ4v) is 2.34. The summed E-state index contributed by atoms with van der Waals surface area (Å²) in [6.45, 7) is 0. The van der Waals surface area contributed by atoms with Crippen molar-refractivity contribution in [2.75, 3.05) is 7.11 Å². The van der Waals surface area contributed by atoms with Crippen molar-refractivity contribution in [3.63, 3.8) is 0 Å². The molecule has 0 aliphatic rings. The Morgan fingerprint density at radius 1 is 1.29 bits per heavy atom. The van der Waals surface area contributed by atoms with Crippen LogP contribution in [-0.2, 0) is 6.18 Å². The van der Waals surface area contributed by atoms with E-state index < -0.39 is 17.8 Å². The third-order valence-corrected chi connectivity index (χ3v) is 3.58. The molecule has 21 heavy (non-hydrogen) atoms. The number of aliphatic hydroxyl groups excluding tert-OH is 1. The van der Waals surface area contributed by atoms with E-state index in [9.17, 15) is 18.3 Å². The summed E-state index contributed by atoms with van der Waals surface area (Å²) in [6.07, 6.45) is -4.39. The minimum absolute atomic E-state index is 0.0843.